The van der Waals surface area contributed by atoms with Crippen LogP contribution in [0, 0.1) is 12.7 Å². The summed E-state index contributed by atoms with van der Waals surface area (Å²) in [6, 6.07) is 1.34. The quantitative estimate of drug-likeness (QED) is 0.757. The van der Waals surface area contributed by atoms with Crippen LogP contribution in [0.5, 0.6) is 11.5 Å². The number of ether oxygens (including phenoxy) is 1. The number of rotatable bonds is 1. The Morgan fingerprint density at radius 1 is 1.19 bits per heavy atom. The Labute approximate surface area is 90.5 Å². The normalized spacial score (nSPS) is 10.4. The second-order valence-electron chi connectivity index (χ2n) is 2.62. The monoisotopic (exact) mass is 240 g/mol. The third-order valence-corrected chi connectivity index (χ3v) is 1.48. The standard InChI is InChI=1S/C8H6F4O2.C2H6/c1-4-2-7(14-8(10,11)12)5(9)3-6(4)13;1-2/h2-3,13H,1H3;1-2H3. The Bertz CT molecular complexity index is 347. The number of benzene rings is 1. The first-order valence-corrected chi connectivity index (χ1v) is 4.54. The molecule has 0 aliphatic heterocycles. The van der Waals surface area contributed by atoms with Crippen LogP contribution in [0.3, 0.4) is 0 Å². The van der Waals surface area contributed by atoms with Gasteiger partial charge in [-0.3, -0.25) is 0 Å². The van der Waals surface area contributed by atoms with E-state index in [1.807, 2.05) is 13.8 Å². The van der Waals surface area contributed by atoms with Gasteiger partial charge in [0.05, 0.1) is 0 Å². The number of aromatic hydroxyl groups is 1. The molecule has 1 aromatic carbocycles. The first-order valence-electron chi connectivity index (χ1n) is 4.54. The lowest BCUT2D eigenvalue weighted by molar-refractivity contribution is -0.275. The highest BCUT2D eigenvalue weighted by molar-refractivity contribution is 5.39. The van der Waals surface area contributed by atoms with Gasteiger partial charge in [-0.1, -0.05) is 13.8 Å². The second-order valence-corrected chi connectivity index (χ2v) is 2.62. The van der Waals surface area contributed by atoms with Crippen LogP contribution in [0.2, 0.25) is 0 Å². The van der Waals surface area contributed by atoms with Crippen LogP contribution in [0.4, 0.5) is 17.6 Å². The molecule has 0 aliphatic rings. The lowest BCUT2D eigenvalue weighted by Crippen LogP contribution is -2.18. The lowest BCUT2D eigenvalue weighted by atomic mass is 10.2. The van der Waals surface area contributed by atoms with E-state index in [4.69, 9.17) is 5.11 Å². The Hall–Kier alpha value is -1.46. The van der Waals surface area contributed by atoms with Crippen molar-refractivity contribution in [1.82, 2.24) is 0 Å². The molecule has 0 saturated carbocycles. The van der Waals surface area contributed by atoms with Crippen molar-refractivity contribution in [2.75, 3.05) is 0 Å². The molecule has 0 fully saturated rings. The highest BCUT2D eigenvalue weighted by Gasteiger charge is 2.32. The van der Waals surface area contributed by atoms with Gasteiger partial charge < -0.3 is 9.84 Å². The molecule has 0 radical (unpaired) electrons. The summed E-state index contributed by atoms with van der Waals surface area (Å²) in [4.78, 5) is 0. The Balaban J connectivity index is 0.00000106. The maximum absolute atomic E-state index is 12.8. The molecule has 1 N–H and O–H groups in total. The number of phenolic OH excluding ortho intramolecular Hbond substituents is 1. The SMILES string of the molecule is CC.Cc1cc(OC(F)(F)F)c(F)cc1O. The summed E-state index contributed by atoms with van der Waals surface area (Å²) in [5.41, 5.74) is 0.102. The van der Waals surface area contributed by atoms with Crippen LogP contribution in [0.1, 0.15) is 19.4 Å². The Morgan fingerprint density at radius 2 is 1.69 bits per heavy atom. The predicted octanol–water partition coefficient (Wildman–Crippen LogP) is 3.76. The smallest absolute Gasteiger partial charge is 0.508 e. The second kappa shape index (κ2) is 5.58. The fourth-order valence-electron chi connectivity index (χ4n) is 0.847. The van der Waals surface area contributed by atoms with Crippen LogP contribution in [0.25, 0.3) is 0 Å². The van der Waals surface area contributed by atoms with Crippen molar-refractivity contribution in [3.8, 4) is 11.5 Å². The summed E-state index contributed by atoms with van der Waals surface area (Å²) in [5.74, 6) is -2.63. The van der Waals surface area contributed by atoms with E-state index in [9.17, 15) is 17.6 Å². The van der Waals surface area contributed by atoms with Crippen molar-refractivity contribution in [2.24, 2.45) is 0 Å². The zero-order valence-corrected chi connectivity index (χ0v) is 9.02. The van der Waals surface area contributed by atoms with Gasteiger partial charge in [0.25, 0.3) is 0 Å². The van der Waals surface area contributed by atoms with Crippen molar-refractivity contribution < 1.29 is 27.4 Å². The summed E-state index contributed by atoms with van der Waals surface area (Å²) in [7, 11) is 0. The Morgan fingerprint density at radius 3 is 2.12 bits per heavy atom. The number of hydrogen-bond acceptors (Lipinski definition) is 2. The van der Waals surface area contributed by atoms with E-state index in [0.717, 1.165) is 6.07 Å². The molecule has 92 valence electrons. The maximum atomic E-state index is 12.8. The predicted molar refractivity (Wildman–Crippen MR) is 50.8 cm³/mol. The Kier molecular flexibility index (Phi) is 5.07. The number of phenols is 1. The van der Waals surface area contributed by atoms with Crippen LogP contribution >= 0.6 is 0 Å². The van der Waals surface area contributed by atoms with Gasteiger partial charge in [-0.15, -0.1) is 13.2 Å². The van der Waals surface area contributed by atoms with Gasteiger partial charge in [0.15, 0.2) is 11.6 Å². The van der Waals surface area contributed by atoms with Crippen molar-refractivity contribution >= 4 is 0 Å². The van der Waals surface area contributed by atoms with E-state index < -0.39 is 23.7 Å². The van der Waals surface area contributed by atoms with E-state index in [1.165, 1.54) is 6.92 Å². The molecule has 1 rings (SSSR count). The summed E-state index contributed by atoms with van der Waals surface area (Å²) >= 11 is 0. The first-order chi connectivity index (χ1) is 7.29. The van der Waals surface area contributed by atoms with Gasteiger partial charge >= 0.3 is 6.36 Å². The minimum Gasteiger partial charge on any atom is -0.508 e. The number of alkyl halides is 3. The molecule has 0 bridgehead atoms. The molecule has 0 saturated heterocycles. The molecule has 0 spiro atoms. The van der Waals surface area contributed by atoms with Gasteiger partial charge in [-0.05, 0) is 18.6 Å². The first kappa shape index (κ1) is 14.5. The molecule has 0 aliphatic carbocycles. The number of halogens is 4. The highest BCUT2D eigenvalue weighted by atomic mass is 19.4. The molecule has 0 heterocycles. The van der Waals surface area contributed by atoms with Gasteiger partial charge in [0.2, 0.25) is 0 Å². The molecule has 2 nitrogen and oxygen atoms in total. The van der Waals surface area contributed by atoms with Crippen molar-refractivity contribution in [3.63, 3.8) is 0 Å². The average Bonchev–Trinajstić information content (AvgIpc) is 2.15. The molecular formula is C10H12F4O2. The minimum atomic E-state index is -4.94. The van der Waals surface area contributed by atoms with Gasteiger partial charge in [0.1, 0.15) is 5.75 Å². The maximum Gasteiger partial charge on any atom is 0.573 e. The molecule has 1 aromatic rings. The fourth-order valence-corrected chi connectivity index (χ4v) is 0.847. The molecule has 0 atom stereocenters. The lowest BCUT2D eigenvalue weighted by Gasteiger charge is -2.10. The van der Waals surface area contributed by atoms with Gasteiger partial charge in [0, 0.05) is 6.07 Å². The number of hydrogen-bond donors (Lipinski definition) is 1. The van der Waals surface area contributed by atoms with E-state index in [2.05, 4.69) is 4.74 Å². The summed E-state index contributed by atoms with van der Waals surface area (Å²) in [5, 5.41) is 8.95. The van der Waals surface area contributed by atoms with Crippen LogP contribution < -0.4 is 4.74 Å². The molecular weight excluding hydrogens is 228 g/mol. The van der Waals surface area contributed by atoms with Crippen LogP contribution in [0.15, 0.2) is 12.1 Å². The topological polar surface area (TPSA) is 29.5 Å². The van der Waals surface area contributed by atoms with Crippen LogP contribution in [-0.2, 0) is 0 Å². The molecule has 16 heavy (non-hydrogen) atoms. The van der Waals surface area contributed by atoms with Crippen molar-refractivity contribution in [2.45, 2.75) is 27.1 Å². The fraction of sp³-hybridized carbons (Fsp3) is 0.400. The summed E-state index contributed by atoms with van der Waals surface area (Å²) in [6.07, 6.45) is -4.94. The minimum absolute atomic E-state index is 0.102. The summed E-state index contributed by atoms with van der Waals surface area (Å²) in [6.45, 7) is 5.33. The molecule has 0 amide bonds. The molecule has 6 heteroatoms. The largest absolute Gasteiger partial charge is 0.573 e. The number of aryl methyl sites for hydroxylation is 1. The van der Waals surface area contributed by atoms with E-state index in [-0.39, 0.29) is 5.56 Å². The summed E-state index contributed by atoms with van der Waals surface area (Å²) < 4.78 is 51.3. The highest BCUT2D eigenvalue weighted by Crippen LogP contribution is 2.30. The van der Waals surface area contributed by atoms with Gasteiger partial charge in [-0.25, -0.2) is 4.39 Å². The zero-order valence-electron chi connectivity index (χ0n) is 9.02. The van der Waals surface area contributed by atoms with Crippen molar-refractivity contribution in [1.29, 1.82) is 0 Å². The third-order valence-electron chi connectivity index (χ3n) is 1.48. The van der Waals surface area contributed by atoms with E-state index >= 15 is 0 Å². The third kappa shape index (κ3) is 4.37. The van der Waals surface area contributed by atoms with Crippen molar-refractivity contribution in [3.05, 3.63) is 23.5 Å². The van der Waals surface area contributed by atoms with E-state index in [1.54, 1.807) is 0 Å². The zero-order chi connectivity index (χ0) is 12.9. The van der Waals surface area contributed by atoms with Crippen LogP contribution in [-0.4, -0.2) is 11.5 Å². The average molecular weight is 240 g/mol. The van der Waals surface area contributed by atoms with E-state index in [0.29, 0.717) is 6.07 Å². The molecule has 0 unspecified atom stereocenters. The molecule has 0 aromatic heterocycles. The van der Waals surface area contributed by atoms with Gasteiger partial charge in [-0.2, -0.15) is 0 Å².